The second-order valence-corrected chi connectivity index (χ2v) is 4.97. The van der Waals surface area contributed by atoms with Crippen molar-refractivity contribution in [3.63, 3.8) is 0 Å². The molecule has 0 heterocycles. The van der Waals surface area contributed by atoms with Crippen LogP contribution in [0.1, 0.15) is 5.56 Å². The number of benzene rings is 2. The van der Waals surface area contributed by atoms with E-state index in [2.05, 4.69) is 52.1 Å². The zero-order chi connectivity index (χ0) is 13.0. The summed E-state index contributed by atoms with van der Waals surface area (Å²) in [5, 5.41) is 0. The average molecular weight is 306 g/mol. The van der Waals surface area contributed by atoms with Crippen molar-refractivity contribution in [2.24, 2.45) is 0 Å². The van der Waals surface area contributed by atoms with Crippen molar-refractivity contribution >= 4 is 21.6 Å². The van der Waals surface area contributed by atoms with Gasteiger partial charge in [0.1, 0.15) is 5.75 Å². The van der Waals surface area contributed by atoms with Crippen LogP contribution in [-0.4, -0.2) is 14.2 Å². The average Bonchev–Trinajstić information content (AvgIpc) is 2.41. The lowest BCUT2D eigenvalue weighted by Gasteiger charge is -2.22. The van der Waals surface area contributed by atoms with E-state index in [9.17, 15) is 0 Å². The van der Waals surface area contributed by atoms with Crippen LogP contribution in [0.5, 0.6) is 5.75 Å². The first-order valence-electron chi connectivity index (χ1n) is 5.80. The number of methoxy groups -OCH3 is 1. The molecule has 0 spiro atoms. The van der Waals surface area contributed by atoms with Crippen molar-refractivity contribution in [2.45, 2.75) is 6.54 Å². The van der Waals surface area contributed by atoms with Gasteiger partial charge in [-0.1, -0.05) is 46.3 Å². The summed E-state index contributed by atoms with van der Waals surface area (Å²) >= 11 is 3.57. The minimum absolute atomic E-state index is 0.835. The third-order valence-electron chi connectivity index (χ3n) is 2.86. The highest BCUT2D eigenvalue weighted by atomic mass is 79.9. The number of hydrogen-bond donors (Lipinski definition) is 0. The summed E-state index contributed by atoms with van der Waals surface area (Å²) in [7, 11) is 3.77. The molecule has 94 valence electrons. The van der Waals surface area contributed by atoms with Crippen LogP contribution in [0.2, 0.25) is 0 Å². The van der Waals surface area contributed by atoms with Crippen molar-refractivity contribution in [1.29, 1.82) is 0 Å². The number of para-hydroxylation sites is 2. The lowest BCUT2D eigenvalue weighted by atomic mass is 10.2. The van der Waals surface area contributed by atoms with E-state index in [1.165, 1.54) is 5.56 Å². The predicted octanol–water partition coefficient (Wildman–Crippen LogP) is 4.09. The van der Waals surface area contributed by atoms with E-state index >= 15 is 0 Å². The summed E-state index contributed by atoms with van der Waals surface area (Å²) in [6.45, 7) is 0.835. The molecule has 0 aliphatic rings. The second kappa shape index (κ2) is 5.91. The molecule has 0 aliphatic carbocycles. The molecule has 2 aromatic rings. The van der Waals surface area contributed by atoms with Crippen LogP contribution in [0.25, 0.3) is 0 Å². The van der Waals surface area contributed by atoms with Gasteiger partial charge in [-0.15, -0.1) is 0 Å². The van der Waals surface area contributed by atoms with Gasteiger partial charge in [-0.2, -0.15) is 0 Å². The fourth-order valence-electron chi connectivity index (χ4n) is 1.91. The predicted molar refractivity (Wildman–Crippen MR) is 79.2 cm³/mol. The molecule has 2 nitrogen and oxygen atoms in total. The molecule has 0 unspecified atom stereocenters. The SMILES string of the molecule is COc1ccccc1N(C)Cc1ccccc1Br. The van der Waals surface area contributed by atoms with Gasteiger partial charge in [0.05, 0.1) is 12.8 Å². The maximum Gasteiger partial charge on any atom is 0.142 e. The van der Waals surface area contributed by atoms with Gasteiger partial charge in [0.15, 0.2) is 0 Å². The van der Waals surface area contributed by atoms with Gasteiger partial charge < -0.3 is 9.64 Å². The van der Waals surface area contributed by atoms with Gasteiger partial charge in [-0.3, -0.25) is 0 Å². The number of halogens is 1. The zero-order valence-corrected chi connectivity index (χ0v) is 12.1. The number of anilines is 1. The molecule has 0 atom stereocenters. The molecule has 0 saturated carbocycles. The molecule has 0 saturated heterocycles. The monoisotopic (exact) mass is 305 g/mol. The smallest absolute Gasteiger partial charge is 0.142 e. The third-order valence-corrected chi connectivity index (χ3v) is 3.64. The molecule has 0 N–H and O–H groups in total. The summed E-state index contributed by atoms with van der Waals surface area (Å²) in [6.07, 6.45) is 0. The van der Waals surface area contributed by atoms with E-state index in [1.807, 2.05) is 24.3 Å². The Bertz CT molecular complexity index is 527. The quantitative estimate of drug-likeness (QED) is 0.843. The summed E-state index contributed by atoms with van der Waals surface area (Å²) in [4.78, 5) is 2.18. The third kappa shape index (κ3) is 2.85. The van der Waals surface area contributed by atoms with Crippen LogP contribution in [0.15, 0.2) is 53.0 Å². The molecule has 2 rings (SSSR count). The fourth-order valence-corrected chi connectivity index (χ4v) is 2.32. The standard InChI is InChI=1S/C15H16BrNO/c1-17(11-12-7-3-4-8-13(12)16)14-9-5-6-10-15(14)18-2/h3-10H,11H2,1-2H3. The highest BCUT2D eigenvalue weighted by molar-refractivity contribution is 9.10. The Balaban J connectivity index is 2.22. The maximum atomic E-state index is 5.38. The van der Waals surface area contributed by atoms with Crippen molar-refractivity contribution < 1.29 is 4.74 Å². The maximum absolute atomic E-state index is 5.38. The highest BCUT2D eigenvalue weighted by Crippen LogP contribution is 2.28. The fraction of sp³-hybridized carbons (Fsp3) is 0.200. The first-order valence-corrected chi connectivity index (χ1v) is 6.59. The summed E-state index contributed by atoms with van der Waals surface area (Å²) in [5.41, 5.74) is 2.35. The normalized spacial score (nSPS) is 10.2. The van der Waals surface area contributed by atoms with E-state index in [1.54, 1.807) is 7.11 Å². The van der Waals surface area contributed by atoms with Crippen LogP contribution < -0.4 is 9.64 Å². The second-order valence-electron chi connectivity index (χ2n) is 4.12. The minimum Gasteiger partial charge on any atom is -0.495 e. The molecule has 0 bridgehead atoms. The molecule has 2 aromatic carbocycles. The zero-order valence-electron chi connectivity index (χ0n) is 10.6. The molecular formula is C15H16BrNO. The molecule has 0 amide bonds. The number of hydrogen-bond acceptors (Lipinski definition) is 2. The Hall–Kier alpha value is -1.48. The summed E-state index contributed by atoms with van der Waals surface area (Å²) in [6, 6.07) is 16.3. The first kappa shape index (κ1) is 13.0. The highest BCUT2D eigenvalue weighted by Gasteiger charge is 2.08. The number of nitrogens with zero attached hydrogens (tertiary/aromatic N) is 1. The molecule has 0 fully saturated rings. The topological polar surface area (TPSA) is 12.5 Å². The lowest BCUT2D eigenvalue weighted by molar-refractivity contribution is 0.415. The van der Waals surface area contributed by atoms with Crippen LogP contribution in [0.4, 0.5) is 5.69 Å². The van der Waals surface area contributed by atoms with Crippen molar-refractivity contribution in [2.75, 3.05) is 19.1 Å². The Morgan fingerprint density at radius 3 is 2.44 bits per heavy atom. The molecule has 0 aliphatic heterocycles. The number of rotatable bonds is 4. The Morgan fingerprint density at radius 1 is 1.06 bits per heavy atom. The van der Waals surface area contributed by atoms with E-state index in [4.69, 9.17) is 4.74 Å². The van der Waals surface area contributed by atoms with Gasteiger partial charge >= 0.3 is 0 Å². The largest absolute Gasteiger partial charge is 0.495 e. The van der Waals surface area contributed by atoms with Gasteiger partial charge in [-0.25, -0.2) is 0 Å². The van der Waals surface area contributed by atoms with Crippen molar-refractivity contribution in [3.8, 4) is 5.75 Å². The van der Waals surface area contributed by atoms with Gasteiger partial charge in [-0.05, 0) is 23.8 Å². The Kier molecular flexibility index (Phi) is 4.26. The van der Waals surface area contributed by atoms with Crippen molar-refractivity contribution in [3.05, 3.63) is 58.6 Å². The Labute approximate surface area is 116 Å². The first-order chi connectivity index (χ1) is 8.72. The number of ether oxygens (including phenoxy) is 1. The van der Waals surface area contributed by atoms with Gasteiger partial charge in [0.2, 0.25) is 0 Å². The van der Waals surface area contributed by atoms with Crippen LogP contribution in [0, 0.1) is 0 Å². The molecule has 0 aromatic heterocycles. The van der Waals surface area contributed by atoms with E-state index in [-0.39, 0.29) is 0 Å². The summed E-state index contributed by atoms with van der Waals surface area (Å²) in [5.74, 6) is 0.895. The van der Waals surface area contributed by atoms with Crippen LogP contribution in [-0.2, 0) is 6.54 Å². The van der Waals surface area contributed by atoms with Crippen LogP contribution >= 0.6 is 15.9 Å². The molecule has 3 heteroatoms. The van der Waals surface area contributed by atoms with Gasteiger partial charge in [0.25, 0.3) is 0 Å². The summed E-state index contributed by atoms with van der Waals surface area (Å²) < 4.78 is 6.51. The van der Waals surface area contributed by atoms with E-state index in [0.29, 0.717) is 0 Å². The van der Waals surface area contributed by atoms with E-state index in [0.717, 1.165) is 22.5 Å². The Morgan fingerprint density at radius 2 is 1.72 bits per heavy atom. The lowest BCUT2D eigenvalue weighted by Crippen LogP contribution is -2.17. The van der Waals surface area contributed by atoms with Crippen LogP contribution in [0.3, 0.4) is 0 Å². The van der Waals surface area contributed by atoms with Crippen molar-refractivity contribution in [1.82, 2.24) is 0 Å². The molecule has 18 heavy (non-hydrogen) atoms. The van der Waals surface area contributed by atoms with Gasteiger partial charge in [0, 0.05) is 18.1 Å². The molecule has 0 radical (unpaired) electrons. The molecular weight excluding hydrogens is 290 g/mol. The van der Waals surface area contributed by atoms with E-state index < -0.39 is 0 Å². The minimum atomic E-state index is 0.835.